The van der Waals surface area contributed by atoms with Crippen molar-refractivity contribution in [2.24, 2.45) is 0 Å². The van der Waals surface area contributed by atoms with E-state index in [9.17, 15) is 5.11 Å². The van der Waals surface area contributed by atoms with E-state index >= 15 is 0 Å². The Morgan fingerprint density at radius 3 is 2.37 bits per heavy atom. The van der Waals surface area contributed by atoms with Crippen LogP contribution in [0.25, 0.3) is 0 Å². The zero-order valence-corrected chi connectivity index (χ0v) is 11.8. The van der Waals surface area contributed by atoms with E-state index in [0.29, 0.717) is 31.5 Å². The summed E-state index contributed by atoms with van der Waals surface area (Å²) in [5, 5.41) is 15.6. The maximum atomic E-state index is 9.52. The number of aliphatic hydroxyl groups is 1. The van der Waals surface area contributed by atoms with Crippen molar-refractivity contribution in [3.8, 4) is 6.01 Å². The van der Waals surface area contributed by atoms with Crippen LogP contribution in [0.1, 0.15) is 33.6 Å². The van der Waals surface area contributed by atoms with Gasteiger partial charge in [-0.2, -0.15) is 15.0 Å². The second kappa shape index (κ2) is 8.47. The van der Waals surface area contributed by atoms with E-state index in [0.717, 1.165) is 13.0 Å². The minimum absolute atomic E-state index is 0.282. The van der Waals surface area contributed by atoms with E-state index in [1.54, 1.807) is 0 Å². The van der Waals surface area contributed by atoms with Gasteiger partial charge in [0.15, 0.2) is 0 Å². The maximum Gasteiger partial charge on any atom is 0.323 e. The van der Waals surface area contributed by atoms with Gasteiger partial charge in [-0.3, -0.25) is 0 Å². The summed E-state index contributed by atoms with van der Waals surface area (Å²) in [6.07, 6.45) is 1.24. The minimum Gasteiger partial charge on any atom is -0.464 e. The molecule has 0 bridgehead atoms. The van der Waals surface area contributed by atoms with Crippen molar-refractivity contribution in [1.29, 1.82) is 0 Å². The van der Waals surface area contributed by atoms with Gasteiger partial charge in [-0.15, -0.1) is 0 Å². The molecule has 3 N–H and O–H groups in total. The third-order valence-electron chi connectivity index (χ3n) is 2.39. The zero-order chi connectivity index (χ0) is 14.1. The molecule has 0 saturated carbocycles. The highest BCUT2D eigenvalue weighted by molar-refractivity contribution is 5.35. The predicted molar refractivity (Wildman–Crippen MR) is 74.6 cm³/mol. The number of ether oxygens (including phenoxy) is 1. The number of nitrogens with one attached hydrogen (secondary N) is 2. The quantitative estimate of drug-likeness (QED) is 0.621. The normalized spacial score (nSPS) is 12.0. The molecule has 19 heavy (non-hydrogen) atoms. The standard InChI is InChI=1S/C12H23N5O2/c1-4-7-13-10-15-11(14-8-9(18)5-2)17-12(16-10)19-6-3/h9,18H,4-8H2,1-3H3,(H2,13,14,15,16,17). The Hall–Kier alpha value is -1.63. The van der Waals surface area contributed by atoms with Crippen LogP contribution in [0.3, 0.4) is 0 Å². The molecule has 0 amide bonds. The first-order valence-electron chi connectivity index (χ1n) is 6.74. The molecule has 1 unspecified atom stereocenters. The Balaban J connectivity index is 2.73. The topological polar surface area (TPSA) is 92.2 Å². The molecule has 0 saturated heterocycles. The van der Waals surface area contributed by atoms with Gasteiger partial charge >= 0.3 is 6.01 Å². The van der Waals surface area contributed by atoms with Crippen LogP contribution in [0.5, 0.6) is 6.01 Å². The van der Waals surface area contributed by atoms with Crippen molar-refractivity contribution in [2.45, 2.75) is 39.7 Å². The summed E-state index contributed by atoms with van der Waals surface area (Å²) in [4.78, 5) is 12.5. The molecule has 0 radical (unpaired) electrons. The third kappa shape index (κ3) is 5.69. The van der Waals surface area contributed by atoms with Crippen molar-refractivity contribution in [1.82, 2.24) is 15.0 Å². The van der Waals surface area contributed by atoms with Crippen molar-refractivity contribution in [2.75, 3.05) is 30.3 Å². The zero-order valence-electron chi connectivity index (χ0n) is 11.8. The Morgan fingerprint density at radius 2 is 1.79 bits per heavy atom. The van der Waals surface area contributed by atoms with Gasteiger partial charge in [0.2, 0.25) is 11.9 Å². The molecule has 0 spiro atoms. The summed E-state index contributed by atoms with van der Waals surface area (Å²) in [6, 6.07) is 0.282. The number of nitrogens with zero attached hydrogens (tertiary/aromatic N) is 3. The van der Waals surface area contributed by atoms with Crippen molar-refractivity contribution >= 4 is 11.9 Å². The first kappa shape index (κ1) is 15.4. The summed E-state index contributed by atoms with van der Waals surface area (Å²) in [6.45, 7) is 7.53. The average molecular weight is 269 g/mol. The molecule has 108 valence electrons. The second-order valence-corrected chi connectivity index (χ2v) is 4.07. The Bertz CT molecular complexity index is 375. The number of aliphatic hydroxyl groups excluding tert-OH is 1. The highest BCUT2D eigenvalue weighted by Gasteiger charge is 2.08. The number of rotatable bonds is 9. The summed E-state index contributed by atoms with van der Waals surface area (Å²) >= 11 is 0. The van der Waals surface area contributed by atoms with Gasteiger partial charge in [-0.25, -0.2) is 0 Å². The van der Waals surface area contributed by atoms with Crippen molar-refractivity contribution < 1.29 is 9.84 Å². The van der Waals surface area contributed by atoms with Crippen LogP contribution in [0, 0.1) is 0 Å². The van der Waals surface area contributed by atoms with Crippen LogP contribution in [-0.2, 0) is 0 Å². The van der Waals surface area contributed by atoms with E-state index in [-0.39, 0.29) is 6.01 Å². The summed E-state index contributed by atoms with van der Waals surface area (Å²) < 4.78 is 5.30. The third-order valence-corrected chi connectivity index (χ3v) is 2.39. The molecule has 0 aliphatic heterocycles. The molecule has 1 heterocycles. The average Bonchev–Trinajstić information content (AvgIpc) is 2.42. The first-order valence-corrected chi connectivity index (χ1v) is 6.74. The molecular formula is C12H23N5O2. The monoisotopic (exact) mass is 269 g/mol. The number of hydrogen-bond acceptors (Lipinski definition) is 7. The van der Waals surface area contributed by atoms with Gasteiger partial charge in [0.05, 0.1) is 12.7 Å². The van der Waals surface area contributed by atoms with E-state index in [4.69, 9.17) is 4.74 Å². The summed E-state index contributed by atoms with van der Waals surface area (Å²) in [5.74, 6) is 0.887. The minimum atomic E-state index is -0.417. The summed E-state index contributed by atoms with van der Waals surface area (Å²) in [7, 11) is 0. The number of anilines is 2. The van der Waals surface area contributed by atoms with E-state index in [1.165, 1.54) is 0 Å². The van der Waals surface area contributed by atoms with Gasteiger partial charge in [0.1, 0.15) is 0 Å². The van der Waals surface area contributed by atoms with Crippen LogP contribution in [0.15, 0.2) is 0 Å². The highest BCUT2D eigenvalue weighted by atomic mass is 16.5. The number of hydrogen-bond donors (Lipinski definition) is 3. The fraction of sp³-hybridized carbons (Fsp3) is 0.750. The molecule has 7 nitrogen and oxygen atoms in total. The SMILES string of the molecule is CCCNc1nc(NCC(O)CC)nc(OCC)n1. The number of aromatic nitrogens is 3. The molecular weight excluding hydrogens is 246 g/mol. The largest absolute Gasteiger partial charge is 0.464 e. The fourth-order valence-corrected chi connectivity index (χ4v) is 1.30. The van der Waals surface area contributed by atoms with Crippen LogP contribution < -0.4 is 15.4 Å². The highest BCUT2D eigenvalue weighted by Crippen LogP contribution is 2.11. The van der Waals surface area contributed by atoms with Crippen LogP contribution >= 0.6 is 0 Å². The van der Waals surface area contributed by atoms with Crippen LogP contribution in [-0.4, -0.2) is 45.9 Å². The maximum absolute atomic E-state index is 9.52. The molecule has 0 aliphatic carbocycles. The predicted octanol–water partition coefficient (Wildman–Crippen LogP) is 1.28. The summed E-state index contributed by atoms with van der Waals surface area (Å²) in [5.41, 5.74) is 0. The van der Waals surface area contributed by atoms with Gasteiger partial charge in [-0.05, 0) is 19.8 Å². The lowest BCUT2D eigenvalue weighted by Gasteiger charge is -2.11. The van der Waals surface area contributed by atoms with Crippen molar-refractivity contribution in [3.63, 3.8) is 0 Å². The van der Waals surface area contributed by atoms with Crippen LogP contribution in [0.4, 0.5) is 11.9 Å². The second-order valence-electron chi connectivity index (χ2n) is 4.07. The molecule has 1 rings (SSSR count). The fourth-order valence-electron chi connectivity index (χ4n) is 1.30. The lowest BCUT2D eigenvalue weighted by Crippen LogP contribution is -2.20. The van der Waals surface area contributed by atoms with Gasteiger partial charge in [-0.1, -0.05) is 13.8 Å². The molecule has 1 aromatic rings. The molecule has 1 aromatic heterocycles. The lowest BCUT2D eigenvalue weighted by atomic mass is 10.3. The molecule has 0 aliphatic rings. The van der Waals surface area contributed by atoms with Gasteiger partial charge in [0.25, 0.3) is 0 Å². The first-order chi connectivity index (χ1) is 9.19. The van der Waals surface area contributed by atoms with E-state index in [2.05, 4.69) is 32.5 Å². The van der Waals surface area contributed by atoms with Gasteiger partial charge < -0.3 is 20.5 Å². The Morgan fingerprint density at radius 1 is 1.11 bits per heavy atom. The van der Waals surface area contributed by atoms with Crippen LogP contribution in [0.2, 0.25) is 0 Å². The Kier molecular flexibility index (Phi) is 6.88. The molecule has 7 heteroatoms. The Labute approximate surface area is 113 Å². The molecule has 0 aromatic carbocycles. The van der Waals surface area contributed by atoms with Gasteiger partial charge in [0, 0.05) is 13.1 Å². The van der Waals surface area contributed by atoms with Crippen molar-refractivity contribution in [3.05, 3.63) is 0 Å². The van der Waals surface area contributed by atoms with E-state index < -0.39 is 6.10 Å². The molecule has 0 fully saturated rings. The van der Waals surface area contributed by atoms with E-state index in [1.807, 2.05) is 13.8 Å². The molecule has 1 atom stereocenters. The smallest absolute Gasteiger partial charge is 0.323 e. The lowest BCUT2D eigenvalue weighted by molar-refractivity contribution is 0.183.